The van der Waals surface area contributed by atoms with Crippen LogP contribution in [-0.4, -0.2) is 45.9 Å². The van der Waals surface area contributed by atoms with Crippen molar-refractivity contribution in [1.82, 2.24) is 19.1 Å². The highest BCUT2D eigenvalue weighted by Gasteiger charge is 2.34. The van der Waals surface area contributed by atoms with Crippen LogP contribution in [0.25, 0.3) is 0 Å². The molecule has 1 aromatic carbocycles. The fraction of sp³-hybridized carbons (Fsp3) is 0.333. The van der Waals surface area contributed by atoms with Crippen molar-refractivity contribution in [2.45, 2.75) is 42.2 Å². The van der Waals surface area contributed by atoms with Gasteiger partial charge in [-0.1, -0.05) is 35.7 Å². The molecule has 0 spiro atoms. The molecule has 0 fully saturated rings. The molecular weight excluding hydrogens is 452 g/mol. The highest BCUT2D eigenvalue weighted by molar-refractivity contribution is 7.99. The van der Waals surface area contributed by atoms with E-state index in [0.29, 0.717) is 29.0 Å². The first kappa shape index (κ1) is 21.0. The molecule has 32 heavy (non-hydrogen) atoms. The lowest BCUT2D eigenvalue weighted by atomic mass is 9.86. The van der Waals surface area contributed by atoms with Gasteiger partial charge in [0.2, 0.25) is 11.8 Å². The standard InChI is InChI=1S/C21H20N4O5S2/c26-12-5-3-11(4-6-12)13(14-16(27)22-20-24(18(14)29)7-1-9-31-20)15-17(28)23-21-25(19(15)30)8-2-10-32-21/h3-6,13,26-28H,1-2,7-10H2. The number of hydrogen-bond donors (Lipinski definition) is 3. The lowest BCUT2D eigenvalue weighted by Gasteiger charge is -2.24. The van der Waals surface area contributed by atoms with Crippen LogP contribution >= 0.6 is 23.5 Å². The van der Waals surface area contributed by atoms with Crippen LogP contribution in [0, 0.1) is 0 Å². The Hall–Kier alpha value is -2.92. The largest absolute Gasteiger partial charge is 0.508 e. The molecule has 2 aliphatic heterocycles. The van der Waals surface area contributed by atoms with Gasteiger partial charge in [-0.3, -0.25) is 18.7 Å². The van der Waals surface area contributed by atoms with Crippen LogP contribution in [0.5, 0.6) is 17.5 Å². The number of benzene rings is 1. The van der Waals surface area contributed by atoms with E-state index in [1.807, 2.05) is 0 Å². The minimum Gasteiger partial charge on any atom is -0.508 e. The molecule has 0 atom stereocenters. The van der Waals surface area contributed by atoms with Crippen molar-refractivity contribution in [3.63, 3.8) is 0 Å². The van der Waals surface area contributed by atoms with Gasteiger partial charge >= 0.3 is 0 Å². The summed E-state index contributed by atoms with van der Waals surface area (Å²) in [5.41, 5.74) is -0.679. The molecule has 0 saturated carbocycles. The van der Waals surface area contributed by atoms with Gasteiger partial charge in [-0.05, 0) is 30.5 Å². The van der Waals surface area contributed by atoms with Gasteiger partial charge in [0, 0.05) is 24.6 Å². The first-order chi connectivity index (χ1) is 15.5. The predicted octanol–water partition coefficient (Wildman–Crippen LogP) is 2.09. The third-order valence-electron chi connectivity index (χ3n) is 5.62. The van der Waals surface area contributed by atoms with Crippen LogP contribution in [0.2, 0.25) is 0 Å². The Balaban J connectivity index is 1.81. The molecular formula is C21H20N4O5S2. The lowest BCUT2D eigenvalue weighted by Crippen LogP contribution is -2.34. The summed E-state index contributed by atoms with van der Waals surface area (Å²) in [5.74, 6) is -0.476. The number of phenolic OH excluding ortho intramolecular Hbond substituents is 1. The monoisotopic (exact) mass is 472 g/mol. The normalized spacial score (nSPS) is 15.4. The second kappa shape index (κ2) is 8.21. The molecule has 0 aliphatic carbocycles. The molecule has 11 heteroatoms. The number of rotatable bonds is 3. The molecule has 2 aliphatic rings. The number of hydrogen-bond acceptors (Lipinski definition) is 9. The molecule has 0 saturated heterocycles. The van der Waals surface area contributed by atoms with E-state index in [1.54, 1.807) is 12.1 Å². The number of thioether (sulfide) groups is 2. The zero-order chi connectivity index (χ0) is 22.4. The Kier molecular flexibility index (Phi) is 5.38. The van der Waals surface area contributed by atoms with Gasteiger partial charge in [0.15, 0.2) is 10.3 Å². The van der Waals surface area contributed by atoms with E-state index in [4.69, 9.17) is 0 Å². The Morgan fingerprint density at radius 3 is 1.72 bits per heavy atom. The lowest BCUT2D eigenvalue weighted by molar-refractivity contribution is 0.406. The number of phenols is 1. The summed E-state index contributed by atoms with van der Waals surface area (Å²) in [7, 11) is 0. The predicted molar refractivity (Wildman–Crippen MR) is 120 cm³/mol. The van der Waals surface area contributed by atoms with Crippen LogP contribution in [0.15, 0.2) is 44.2 Å². The number of nitrogens with zero attached hydrogens (tertiary/aromatic N) is 4. The molecule has 3 aromatic rings. The van der Waals surface area contributed by atoms with Gasteiger partial charge in [-0.15, -0.1) is 0 Å². The Morgan fingerprint density at radius 2 is 1.25 bits per heavy atom. The number of fused-ring (bicyclic) bond motifs is 2. The average molecular weight is 473 g/mol. The summed E-state index contributed by atoms with van der Waals surface area (Å²) in [6.45, 7) is 0.904. The summed E-state index contributed by atoms with van der Waals surface area (Å²) in [6, 6.07) is 5.95. The summed E-state index contributed by atoms with van der Waals surface area (Å²) >= 11 is 2.77. The van der Waals surface area contributed by atoms with Crippen molar-refractivity contribution >= 4 is 23.5 Å². The van der Waals surface area contributed by atoms with E-state index in [1.165, 1.54) is 44.8 Å². The second-order valence-corrected chi connectivity index (χ2v) is 9.73. The Morgan fingerprint density at radius 1 is 0.781 bits per heavy atom. The smallest absolute Gasteiger partial charge is 0.262 e. The molecule has 0 radical (unpaired) electrons. The molecule has 3 N–H and O–H groups in total. The molecule has 9 nitrogen and oxygen atoms in total. The number of aromatic hydroxyl groups is 3. The van der Waals surface area contributed by atoms with Crippen molar-refractivity contribution in [1.29, 1.82) is 0 Å². The van der Waals surface area contributed by atoms with Crippen molar-refractivity contribution < 1.29 is 15.3 Å². The maximum absolute atomic E-state index is 13.5. The highest BCUT2D eigenvalue weighted by Crippen LogP contribution is 2.38. The highest BCUT2D eigenvalue weighted by atomic mass is 32.2. The van der Waals surface area contributed by atoms with Crippen molar-refractivity contribution in [3.05, 3.63) is 61.7 Å². The van der Waals surface area contributed by atoms with Gasteiger partial charge in [-0.25, -0.2) is 0 Å². The maximum atomic E-state index is 13.5. The molecule has 166 valence electrons. The molecule has 0 unspecified atom stereocenters. The molecule has 0 amide bonds. The van der Waals surface area contributed by atoms with Crippen LogP contribution in [0.3, 0.4) is 0 Å². The van der Waals surface area contributed by atoms with Gasteiger partial charge in [0.05, 0.1) is 17.0 Å². The Labute approximate surface area is 190 Å². The minimum absolute atomic E-state index is 0.00863. The number of aromatic nitrogens is 4. The fourth-order valence-electron chi connectivity index (χ4n) is 4.11. The van der Waals surface area contributed by atoms with Crippen LogP contribution in [0.4, 0.5) is 0 Å². The topological polar surface area (TPSA) is 130 Å². The van der Waals surface area contributed by atoms with E-state index in [-0.39, 0.29) is 16.9 Å². The summed E-state index contributed by atoms with van der Waals surface area (Å²) in [6.07, 6.45) is 1.55. The molecule has 2 aromatic heterocycles. The minimum atomic E-state index is -1.11. The van der Waals surface area contributed by atoms with Gasteiger partial charge in [-0.2, -0.15) is 9.97 Å². The van der Waals surface area contributed by atoms with Gasteiger partial charge < -0.3 is 15.3 Å². The van der Waals surface area contributed by atoms with Crippen LogP contribution < -0.4 is 11.1 Å². The second-order valence-electron chi connectivity index (χ2n) is 7.61. The SMILES string of the molecule is O=c1c(C(c2ccc(O)cc2)c2c(O)nc3n(c2=O)CCCS3)c(O)nc2n1CCCS2. The van der Waals surface area contributed by atoms with E-state index >= 15 is 0 Å². The fourth-order valence-corrected chi connectivity index (χ4v) is 5.99. The van der Waals surface area contributed by atoms with Crippen molar-refractivity contribution in [2.24, 2.45) is 0 Å². The average Bonchev–Trinajstić information content (AvgIpc) is 2.78. The molecule has 4 heterocycles. The van der Waals surface area contributed by atoms with Crippen LogP contribution in [0.1, 0.15) is 35.4 Å². The molecule has 0 bridgehead atoms. The third-order valence-corrected chi connectivity index (χ3v) is 7.74. The molecule has 5 rings (SSSR count). The van der Waals surface area contributed by atoms with Gasteiger partial charge in [0.1, 0.15) is 5.75 Å². The van der Waals surface area contributed by atoms with Gasteiger partial charge in [0.25, 0.3) is 11.1 Å². The Bertz CT molecular complexity index is 1240. The quantitative estimate of drug-likeness (QED) is 0.491. The first-order valence-corrected chi connectivity index (χ1v) is 12.1. The van der Waals surface area contributed by atoms with E-state index in [2.05, 4.69) is 9.97 Å². The summed E-state index contributed by atoms with van der Waals surface area (Å²) < 4.78 is 2.99. The zero-order valence-corrected chi connectivity index (χ0v) is 18.5. The van der Waals surface area contributed by atoms with Crippen LogP contribution in [-0.2, 0) is 13.1 Å². The maximum Gasteiger partial charge on any atom is 0.262 e. The zero-order valence-electron chi connectivity index (χ0n) is 16.9. The van der Waals surface area contributed by atoms with Crippen molar-refractivity contribution in [2.75, 3.05) is 11.5 Å². The van der Waals surface area contributed by atoms with E-state index in [9.17, 15) is 24.9 Å². The summed E-state index contributed by atoms with van der Waals surface area (Å²) in [5, 5.41) is 32.2. The third kappa shape index (κ3) is 3.45. The van der Waals surface area contributed by atoms with Crippen molar-refractivity contribution in [3.8, 4) is 17.5 Å². The van der Waals surface area contributed by atoms with E-state index in [0.717, 1.165) is 24.3 Å². The first-order valence-electron chi connectivity index (χ1n) is 10.2. The summed E-state index contributed by atoms with van der Waals surface area (Å²) in [4.78, 5) is 35.4. The van der Waals surface area contributed by atoms with E-state index < -0.39 is 28.8 Å².